The van der Waals surface area contributed by atoms with E-state index < -0.39 is 11.4 Å². The van der Waals surface area contributed by atoms with Crippen LogP contribution in [0.15, 0.2) is 54.6 Å². The molecule has 30 heavy (non-hydrogen) atoms. The first kappa shape index (κ1) is 21.6. The van der Waals surface area contributed by atoms with Gasteiger partial charge in [-0.15, -0.1) is 0 Å². The van der Waals surface area contributed by atoms with E-state index in [4.69, 9.17) is 4.74 Å². The van der Waals surface area contributed by atoms with Crippen LogP contribution in [-0.2, 0) is 31.0 Å². The Labute approximate surface area is 177 Å². The normalized spacial score (nSPS) is 15.3. The Kier molecular flexibility index (Phi) is 6.87. The summed E-state index contributed by atoms with van der Waals surface area (Å²) >= 11 is 0. The highest BCUT2D eigenvalue weighted by Crippen LogP contribution is 2.37. The Morgan fingerprint density at radius 3 is 2.27 bits per heavy atom. The van der Waals surface area contributed by atoms with Gasteiger partial charge < -0.3 is 15.0 Å². The number of piperidine rings is 1. The fourth-order valence-electron chi connectivity index (χ4n) is 3.98. The van der Waals surface area contributed by atoms with Gasteiger partial charge in [0, 0.05) is 25.7 Å². The van der Waals surface area contributed by atoms with E-state index in [1.165, 1.54) is 6.92 Å². The Morgan fingerprint density at radius 2 is 1.63 bits per heavy atom. The van der Waals surface area contributed by atoms with E-state index in [9.17, 15) is 14.4 Å². The van der Waals surface area contributed by atoms with Crippen molar-refractivity contribution in [2.24, 2.45) is 0 Å². The van der Waals surface area contributed by atoms with Crippen LogP contribution in [0.3, 0.4) is 0 Å². The summed E-state index contributed by atoms with van der Waals surface area (Å²) in [6.45, 7) is 4.17. The summed E-state index contributed by atoms with van der Waals surface area (Å²) in [6.07, 6.45) is 1.73. The van der Waals surface area contributed by atoms with Crippen molar-refractivity contribution in [3.05, 3.63) is 65.7 Å². The van der Waals surface area contributed by atoms with Gasteiger partial charge in [0.25, 0.3) is 5.91 Å². The van der Waals surface area contributed by atoms with Gasteiger partial charge in [0.2, 0.25) is 5.91 Å². The topological polar surface area (TPSA) is 75.7 Å². The van der Waals surface area contributed by atoms with Crippen LogP contribution in [0.4, 0.5) is 5.69 Å². The summed E-state index contributed by atoms with van der Waals surface area (Å²) in [5.74, 6) is -0.788. The SMILES string of the molecule is CCc1ccccc1NC(=O)COC(=O)C1(c2ccccc2)CCN(C(C)=O)CC1. The number of anilines is 1. The van der Waals surface area contributed by atoms with Gasteiger partial charge in [-0.2, -0.15) is 0 Å². The highest BCUT2D eigenvalue weighted by molar-refractivity contribution is 5.94. The standard InChI is InChI=1S/C24H28N2O4/c1-3-19-9-7-8-12-21(19)25-22(28)17-30-23(29)24(20-10-5-4-6-11-20)13-15-26(16-14-24)18(2)27/h4-12H,3,13-17H2,1-2H3,(H,25,28). The monoisotopic (exact) mass is 408 g/mol. The molecule has 6 nitrogen and oxygen atoms in total. The summed E-state index contributed by atoms with van der Waals surface area (Å²) in [5, 5.41) is 2.82. The molecule has 158 valence electrons. The molecule has 0 bridgehead atoms. The fourth-order valence-corrected chi connectivity index (χ4v) is 3.98. The molecule has 0 atom stereocenters. The molecule has 6 heteroatoms. The third kappa shape index (κ3) is 4.70. The lowest BCUT2D eigenvalue weighted by atomic mass is 9.72. The van der Waals surface area contributed by atoms with Crippen LogP contribution in [-0.4, -0.2) is 42.4 Å². The maximum Gasteiger partial charge on any atom is 0.317 e. The van der Waals surface area contributed by atoms with Crippen LogP contribution in [0, 0.1) is 0 Å². The number of nitrogens with zero attached hydrogens (tertiary/aromatic N) is 1. The highest BCUT2D eigenvalue weighted by atomic mass is 16.5. The lowest BCUT2D eigenvalue weighted by Crippen LogP contribution is -2.49. The molecule has 0 aliphatic carbocycles. The first-order valence-electron chi connectivity index (χ1n) is 10.3. The Bertz CT molecular complexity index is 902. The minimum Gasteiger partial charge on any atom is -0.455 e. The molecule has 1 N–H and O–H groups in total. The predicted molar refractivity (Wildman–Crippen MR) is 115 cm³/mol. The van der Waals surface area contributed by atoms with E-state index in [1.54, 1.807) is 4.90 Å². The zero-order valence-corrected chi connectivity index (χ0v) is 17.5. The number of benzene rings is 2. The predicted octanol–water partition coefficient (Wildman–Crippen LogP) is 3.31. The van der Waals surface area contributed by atoms with E-state index in [0.29, 0.717) is 25.9 Å². The van der Waals surface area contributed by atoms with E-state index >= 15 is 0 Å². The number of amides is 2. The van der Waals surface area contributed by atoms with Crippen molar-refractivity contribution in [2.45, 2.75) is 38.5 Å². The number of hydrogen-bond donors (Lipinski definition) is 1. The molecule has 1 saturated heterocycles. The van der Waals surface area contributed by atoms with E-state index in [1.807, 2.05) is 61.5 Å². The van der Waals surface area contributed by atoms with Crippen molar-refractivity contribution < 1.29 is 19.1 Å². The number of ether oxygens (including phenoxy) is 1. The van der Waals surface area contributed by atoms with Crippen LogP contribution < -0.4 is 5.32 Å². The maximum atomic E-state index is 13.2. The second-order valence-electron chi connectivity index (χ2n) is 7.59. The average Bonchev–Trinajstić information content (AvgIpc) is 2.78. The molecule has 2 aromatic carbocycles. The number of para-hydroxylation sites is 1. The number of aryl methyl sites for hydroxylation is 1. The van der Waals surface area contributed by atoms with Crippen LogP contribution >= 0.6 is 0 Å². The second kappa shape index (κ2) is 9.57. The maximum absolute atomic E-state index is 13.2. The minimum absolute atomic E-state index is 0.000929. The number of nitrogens with one attached hydrogen (secondary N) is 1. The third-order valence-corrected chi connectivity index (χ3v) is 5.79. The van der Waals surface area contributed by atoms with E-state index in [0.717, 1.165) is 23.2 Å². The van der Waals surface area contributed by atoms with Crippen molar-refractivity contribution in [3.63, 3.8) is 0 Å². The summed E-state index contributed by atoms with van der Waals surface area (Å²) in [7, 11) is 0. The van der Waals surface area contributed by atoms with Gasteiger partial charge >= 0.3 is 5.97 Å². The van der Waals surface area contributed by atoms with E-state index in [-0.39, 0.29) is 18.4 Å². The third-order valence-electron chi connectivity index (χ3n) is 5.79. The van der Waals surface area contributed by atoms with Crippen molar-refractivity contribution in [2.75, 3.05) is 25.0 Å². The van der Waals surface area contributed by atoms with E-state index in [2.05, 4.69) is 5.32 Å². The van der Waals surface area contributed by atoms with Gasteiger partial charge in [0.1, 0.15) is 0 Å². The Balaban J connectivity index is 1.70. The average molecular weight is 408 g/mol. The van der Waals surface area contributed by atoms with Gasteiger partial charge in [0.15, 0.2) is 6.61 Å². The summed E-state index contributed by atoms with van der Waals surface area (Å²) < 4.78 is 5.49. The smallest absolute Gasteiger partial charge is 0.317 e. The number of carbonyl (C=O) groups is 3. The molecule has 0 spiro atoms. The van der Waals surface area contributed by atoms with Crippen molar-refractivity contribution in [1.29, 1.82) is 0 Å². The lowest BCUT2D eigenvalue weighted by Gasteiger charge is -2.40. The molecule has 0 unspecified atom stereocenters. The zero-order chi connectivity index (χ0) is 21.6. The quantitative estimate of drug-likeness (QED) is 0.744. The molecule has 1 aliphatic rings. The molecule has 2 aromatic rings. The molecule has 2 amide bonds. The zero-order valence-electron chi connectivity index (χ0n) is 17.5. The highest BCUT2D eigenvalue weighted by Gasteiger charge is 2.44. The summed E-state index contributed by atoms with van der Waals surface area (Å²) in [5.41, 5.74) is 1.76. The molecule has 0 saturated carbocycles. The molecular formula is C24H28N2O4. The van der Waals surface area contributed by atoms with Gasteiger partial charge in [0.05, 0.1) is 5.41 Å². The first-order chi connectivity index (χ1) is 14.5. The number of hydrogen-bond acceptors (Lipinski definition) is 4. The number of likely N-dealkylation sites (tertiary alicyclic amines) is 1. The minimum atomic E-state index is -0.852. The lowest BCUT2D eigenvalue weighted by molar-refractivity contribution is -0.156. The molecule has 1 aliphatic heterocycles. The first-order valence-corrected chi connectivity index (χ1v) is 10.3. The number of rotatable bonds is 6. The van der Waals surface area contributed by atoms with Crippen molar-refractivity contribution in [3.8, 4) is 0 Å². The molecule has 1 heterocycles. The van der Waals surface area contributed by atoms with Gasteiger partial charge in [-0.1, -0.05) is 55.5 Å². The molecule has 1 fully saturated rings. The van der Waals surface area contributed by atoms with Gasteiger partial charge in [-0.3, -0.25) is 14.4 Å². The van der Waals surface area contributed by atoms with Crippen LogP contribution in [0.2, 0.25) is 0 Å². The molecule has 3 rings (SSSR count). The second-order valence-corrected chi connectivity index (χ2v) is 7.59. The molecule has 0 aromatic heterocycles. The number of esters is 1. The largest absolute Gasteiger partial charge is 0.455 e. The van der Waals surface area contributed by atoms with Crippen LogP contribution in [0.1, 0.15) is 37.8 Å². The Hall–Kier alpha value is -3.15. The molecular weight excluding hydrogens is 380 g/mol. The van der Waals surface area contributed by atoms with Gasteiger partial charge in [-0.05, 0) is 36.5 Å². The number of carbonyl (C=O) groups excluding carboxylic acids is 3. The van der Waals surface area contributed by atoms with Crippen molar-refractivity contribution in [1.82, 2.24) is 4.90 Å². The Morgan fingerprint density at radius 1 is 1.00 bits per heavy atom. The van der Waals surface area contributed by atoms with Gasteiger partial charge in [-0.25, -0.2) is 0 Å². The summed E-state index contributed by atoms with van der Waals surface area (Å²) in [6, 6.07) is 17.0. The molecule has 0 radical (unpaired) electrons. The fraction of sp³-hybridized carbons (Fsp3) is 0.375. The van der Waals surface area contributed by atoms with Crippen LogP contribution in [0.5, 0.6) is 0 Å². The van der Waals surface area contributed by atoms with Crippen molar-refractivity contribution >= 4 is 23.5 Å². The summed E-state index contributed by atoms with van der Waals surface area (Å²) in [4.78, 5) is 39.0. The van der Waals surface area contributed by atoms with Crippen LogP contribution in [0.25, 0.3) is 0 Å².